The Hall–Kier alpha value is -0.700. The summed E-state index contributed by atoms with van der Waals surface area (Å²) in [7, 11) is 2.00. The highest BCUT2D eigenvalue weighted by Gasteiger charge is 2.34. The van der Waals surface area contributed by atoms with E-state index < -0.39 is 0 Å². The molecular weight excluding hydrogens is 154 g/mol. The number of hydrogen-bond donors (Lipinski definition) is 2. The molecule has 2 N–H and O–H groups in total. The van der Waals surface area contributed by atoms with Gasteiger partial charge >= 0.3 is 0 Å². The maximum atomic E-state index is 9.60. The van der Waals surface area contributed by atoms with Gasteiger partial charge in [0, 0.05) is 25.9 Å². The number of hydrogen-bond acceptors (Lipinski definition) is 3. The third-order valence-corrected chi connectivity index (χ3v) is 2.89. The smallest absolute Gasteiger partial charge is 0.114 e. The van der Waals surface area contributed by atoms with Gasteiger partial charge in [-0.2, -0.15) is 0 Å². The summed E-state index contributed by atoms with van der Waals surface area (Å²) >= 11 is 0. The summed E-state index contributed by atoms with van der Waals surface area (Å²) in [6, 6.07) is 0. The number of rotatable bonds is 0. The molecule has 1 fully saturated rings. The molecule has 0 aromatic carbocycles. The molecule has 1 aliphatic carbocycles. The van der Waals surface area contributed by atoms with Crippen molar-refractivity contribution < 1.29 is 10.2 Å². The fourth-order valence-corrected chi connectivity index (χ4v) is 2.34. The Bertz CT molecular complexity index is 225. The van der Waals surface area contributed by atoms with Gasteiger partial charge in [-0.3, -0.25) is 0 Å². The van der Waals surface area contributed by atoms with Gasteiger partial charge in [0.1, 0.15) is 5.76 Å². The highest BCUT2D eigenvalue weighted by atomic mass is 16.3. The largest absolute Gasteiger partial charge is 0.510 e. The van der Waals surface area contributed by atoms with E-state index in [4.69, 9.17) is 0 Å². The van der Waals surface area contributed by atoms with Crippen LogP contribution in [0.25, 0.3) is 0 Å². The van der Waals surface area contributed by atoms with E-state index in [1.165, 1.54) is 0 Å². The van der Waals surface area contributed by atoms with Gasteiger partial charge < -0.3 is 15.1 Å². The first-order valence-corrected chi connectivity index (χ1v) is 4.49. The van der Waals surface area contributed by atoms with Gasteiger partial charge in [0.25, 0.3) is 0 Å². The summed E-state index contributed by atoms with van der Waals surface area (Å²) in [5.74, 6) is 0.803. The van der Waals surface area contributed by atoms with Crippen LogP contribution in [0.15, 0.2) is 11.5 Å². The Morgan fingerprint density at radius 3 is 3.00 bits per heavy atom. The quantitative estimate of drug-likeness (QED) is 0.565. The first-order valence-electron chi connectivity index (χ1n) is 4.49. The number of allylic oxidation sites excluding steroid dienone is 1. The maximum Gasteiger partial charge on any atom is 0.114 e. The zero-order chi connectivity index (χ0) is 8.72. The van der Waals surface area contributed by atoms with Crippen molar-refractivity contribution in [2.24, 2.45) is 5.92 Å². The lowest BCUT2D eigenvalue weighted by Crippen LogP contribution is -2.24. The first-order chi connectivity index (χ1) is 5.68. The molecule has 0 aromatic heterocycles. The molecule has 0 radical (unpaired) electrons. The van der Waals surface area contributed by atoms with E-state index in [2.05, 4.69) is 4.90 Å². The van der Waals surface area contributed by atoms with E-state index in [1.807, 2.05) is 7.05 Å². The van der Waals surface area contributed by atoms with Crippen LogP contribution in [0.5, 0.6) is 0 Å². The summed E-state index contributed by atoms with van der Waals surface area (Å²) in [5.41, 5.74) is 1.07. The van der Waals surface area contributed by atoms with Gasteiger partial charge in [0.15, 0.2) is 0 Å². The molecule has 2 rings (SSSR count). The minimum atomic E-state index is -0.328. The highest BCUT2D eigenvalue weighted by Crippen LogP contribution is 2.37. The second-order valence-corrected chi connectivity index (χ2v) is 3.83. The Morgan fingerprint density at radius 2 is 2.25 bits per heavy atom. The molecule has 12 heavy (non-hydrogen) atoms. The molecule has 0 spiro atoms. The van der Waals surface area contributed by atoms with Gasteiger partial charge in [-0.15, -0.1) is 0 Å². The molecule has 3 nitrogen and oxygen atoms in total. The highest BCUT2D eigenvalue weighted by molar-refractivity contribution is 5.18. The van der Waals surface area contributed by atoms with E-state index in [0.717, 1.165) is 25.1 Å². The van der Waals surface area contributed by atoms with Gasteiger partial charge in [-0.05, 0) is 12.8 Å². The lowest BCUT2D eigenvalue weighted by molar-refractivity contribution is 0.117. The summed E-state index contributed by atoms with van der Waals surface area (Å²) in [5, 5.41) is 19.0. The van der Waals surface area contributed by atoms with Crippen molar-refractivity contribution in [1.29, 1.82) is 0 Å². The molecule has 68 valence electrons. The second kappa shape index (κ2) is 2.66. The molecule has 0 bridgehead atoms. The van der Waals surface area contributed by atoms with E-state index >= 15 is 0 Å². The molecule has 2 aliphatic rings. The van der Waals surface area contributed by atoms with Crippen LogP contribution >= 0.6 is 0 Å². The Morgan fingerprint density at radius 1 is 1.50 bits per heavy atom. The van der Waals surface area contributed by atoms with Gasteiger partial charge in [-0.25, -0.2) is 0 Å². The number of aliphatic hydroxyl groups excluding tert-OH is 2. The van der Waals surface area contributed by atoms with Crippen LogP contribution in [0.1, 0.15) is 19.3 Å². The van der Waals surface area contributed by atoms with Crippen molar-refractivity contribution in [2.45, 2.75) is 25.4 Å². The average Bonchev–Trinajstić information content (AvgIpc) is 2.31. The topological polar surface area (TPSA) is 43.7 Å². The number of aliphatic hydroxyl groups is 2. The van der Waals surface area contributed by atoms with Gasteiger partial charge in [0.2, 0.25) is 0 Å². The predicted molar refractivity (Wildman–Crippen MR) is 45.6 cm³/mol. The van der Waals surface area contributed by atoms with Crippen molar-refractivity contribution in [3.8, 4) is 0 Å². The Balaban J connectivity index is 2.28. The van der Waals surface area contributed by atoms with Crippen LogP contribution in [0, 0.1) is 5.92 Å². The molecule has 0 amide bonds. The normalized spacial score (nSPS) is 35.7. The molecule has 1 aliphatic heterocycles. The van der Waals surface area contributed by atoms with E-state index in [9.17, 15) is 10.2 Å². The molecule has 1 heterocycles. The lowest BCUT2D eigenvalue weighted by atomic mass is 9.89. The van der Waals surface area contributed by atoms with Crippen molar-refractivity contribution in [2.75, 3.05) is 13.6 Å². The average molecular weight is 169 g/mol. The minimum Gasteiger partial charge on any atom is -0.510 e. The van der Waals surface area contributed by atoms with Crippen LogP contribution in [-0.2, 0) is 0 Å². The van der Waals surface area contributed by atoms with E-state index in [-0.39, 0.29) is 6.10 Å². The fraction of sp³-hybridized carbons (Fsp3) is 0.778. The zero-order valence-electron chi connectivity index (χ0n) is 7.32. The summed E-state index contributed by atoms with van der Waals surface area (Å²) < 4.78 is 0. The molecular formula is C9H15NO2. The molecule has 0 saturated carbocycles. The first kappa shape index (κ1) is 7.92. The molecule has 3 heteroatoms. The molecule has 2 unspecified atom stereocenters. The van der Waals surface area contributed by atoms with Crippen LogP contribution in [0.3, 0.4) is 0 Å². The summed E-state index contributed by atoms with van der Waals surface area (Å²) in [6.45, 7) is 1.01. The second-order valence-electron chi connectivity index (χ2n) is 3.83. The van der Waals surface area contributed by atoms with Crippen molar-refractivity contribution >= 4 is 0 Å². The Kier molecular flexibility index (Phi) is 1.76. The fourth-order valence-electron chi connectivity index (χ4n) is 2.34. The zero-order valence-corrected chi connectivity index (χ0v) is 7.32. The standard InChI is InChI=1S/C9H15NO2/c1-10-3-2-6-4-7(11)5-8(12)9(6)10/h6-7,11-12H,2-5H2,1H3. The van der Waals surface area contributed by atoms with Crippen molar-refractivity contribution in [3.05, 3.63) is 11.5 Å². The summed E-state index contributed by atoms with van der Waals surface area (Å²) in [4.78, 5) is 2.10. The van der Waals surface area contributed by atoms with Crippen LogP contribution in [0.4, 0.5) is 0 Å². The Labute approximate surface area is 72.3 Å². The van der Waals surface area contributed by atoms with E-state index in [1.54, 1.807) is 0 Å². The molecule has 0 aromatic rings. The lowest BCUT2D eigenvalue weighted by Gasteiger charge is -2.26. The van der Waals surface area contributed by atoms with Crippen LogP contribution in [0.2, 0.25) is 0 Å². The number of nitrogens with zero attached hydrogens (tertiary/aromatic N) is 1. The van der Waals surface area contributed by atoms with Gasteiger partial charge in [-0.1, -0.05) is 0 Å². The maximum absolute atomic E-state index is 9.60. The molecule has 2 atom stereocenters. The summed E-state index contributed by atoms with van der Waals surface area (Å²) in [6.07, 6.45) is 2.01. The number of likely N-dealkylation sites (tertiary alicyclic amines) is 1. The van der Waals surface area contributed by atoms with Crippen LogP contribution in [-0.4, -0.2) is 34.8 Å². The third kappa shape index (κ3) is 1.08. The number of fused-ring (bicyclic) bond motifs is 1. The third-order valence-electron chi connectivity index (χ3n) is 2.89. The van der Waals surface area contributed by atoms with Crippen LogP contribution < -0.4 is 0 Å². The van der Waals surface area contributed by atoms with Crippen molar-refractivity contribution in [1.82, 2.24) is 4.90 Å². The van der Waals surface area contributed by atoms with E-state index in [0.29, 0.717) is 18.1 Å². The minimum absolute atomic E-state index is 0.328. The SMILES string of the molecule is CN1CCC2CC(O)CC(O)=C21. The van der Waals surface area contributed by atoms with Gasteiger partial charge in [0.05, 0.1) is 11.8 Å². The van der Waals surface area contributed by atoms with Crippen molar-refractivity contribution in [3.63, 3.8) is 0 Å². The molecule has 1 saturated heterocycles. The monoisotopic (exact) mass is 169 g/mol. The predicted octanol–water partition coefficient (Wildman–Crippen LogP) is 0.862.